The molecule has 2 rings (SSSR count). The zero-order valence-corrected chi connectivity index (χ0v) is 10.5. The van der Waals surface area contributed by atoms with Crippen LogP contribution in [0.5, 0.6) is 0 Å². The van der Waals surface area contributed by atoms with E-state index in [0.29, 0.717) is 6.42 Å². The second-order valence-corrected chi connectivity index (χ2v) is 4.67. The van der Waals surface area contributed by atoms with Gasteiger partial charge >= 0.3 is 0 Å². The van der Waals surface area contributed by atoms with Gasteiger partial charge in [-0.2, -0.15) is 0 Å². The minimum atomic E-state index is -0.691. The highest BCUT2D eigenvalue weighted by Gasteiger charge is 2.33. The molecule has 0 aliphatic heterocycles. The van der Waals surface area contributed by atoms with E-state index in [1.165, 1.54) is 0 Å². The largest absolute Gasteiger partial charge is 0.469 e. The molecule has 0 amide bonds. The Balaban J connectivity index is 2.40. The van der Waals surface area contributed by atoms with Crippen LogP contribution < -0.4 is 0 Å². The summed E-state index contributed by atoms with van der Waals surface area (Å²) in [7, 11) is 0. The molecule has 0 fully saturated rings. The van der Waals surface area contributed by atoms with Crippen molar-refractivity contribution in [3.63, 3.8) is 0 Å². The summed E-state index contributed by atoms with van der Waals surface area (Å²) in [4.78, 5) is 0. The van der Waals surface area contributed by atoms with Crippen molar-refractivity contribution in [2.45, 2.75) is 18.8 Å². The first-order valence-electron chi connectivity index (χ1n) is 6.02. The van der Waals surface area contributed by atoms with Crippen LogP contribution in [0.1, 0.15) is 16.9 Å². The Morgan fingerprint density at radius 3 is 2.33 bits per heavy atom. The lowest BCUT2D eigenvalue weighted by molar-refractivity contribution is 0.111. The Labute approximate surface area is 107 Å². The molecule has 0 atom stereocenters. The molecule has 0 saturated carbocycles. The molecule has 2 N–H and O–H groups in total. The fourth-order valence-corrected chi connectivity index (χ4v) is 2.34. The quantitative estimate of drug-likeness (QED) is 0.849. The SMILES string of the molecule is Cc1ccccc1C(CO)(CO)Cc1ccco1. The monoisotopic (exact) mass is 246 g/mol. The molecule has 18 heavy (non-hydrogen) atoms. The lowest BCUT2D eigenvalue weighted by atomic mass is 9.76. The second kappa shape index (κ2) is 5.38. The Bertz CT molecular complexity index is 484. The molecule has 2 aromatic rings. The lowest BCUT2D eigenvalue weighted by Crippen LogP contribution is -2.37. The molecule has 0 spiro atoms. The van der Waals surface area contributed by atoms with Crippen molar-refractivity contribution in [2.75, 3.05) is 13.2 Å². The van der Waals surface area contributed by atoms with Gasteiger partial charge in [-0.15, -0.1) is 0 Å². The second-order valence-electron chi connectivity index (χ2n) is 4.67. The molecule has 0 aliphatic rings. The van der Waals surface area contributed by atoms with Crippen LogP contribution in [0.15, 0.2) is 47.1 Å². The maximum atomic E-state index is 9.75. The van der Waals surface area contributed by atoms with E-state index in [1.54, 1.807) is 6.26 Å². The number of rotatable bonds is 5. The van der Waals surface area contributed by atoms with Gasteiger partial charge in [0, 0.05) is 11.8 Å². The third kappa shape index (κ3) is 2.33. The average molecular weight is 246 g/mol. The predicted molar refractivity (Wildman–Crippen MR) is 69.4 cm³/mol. The summed E-state index contributed by atoms with van der Waals surface area (Å²) < 4.78 is 5.33. The molecule has 3 heteroatoms. The smallest absolute Gasteiger partial charge is 0.104 e. The predicted octanol–water partition coefficient (Wildman–Crippen LogP) is 2.05. The molecule has 0 saturated heterocycles. The highest BCUT2D eigenvalue weighted by atomic mass is 16.3. The third-order valence-electron chi connectivity index (χ3n) is 3.41. The maximum absolute atomic E-state index is 9.75. The summed E-state index contributed by atoms with van der Waals surface area (Å²) in [6.45, 7) is 1.75. The van der Waals surface area contributed by atoms with E-state index in [9.17, 15) is 10.2 Å². The van der Waals surface area contributed by atoms with E-state index in [1.807, 2.05) is 43.3 Å². The molecule has 96 valence electrons. The number of hydrogen-bond donors (Lipinski definition) is 2. The molecule has 1 aromatic heterocycles. The van der Waals surface area contributed by atoms with Crippen molar-refractivity contribution in [2.24, 2.45) is 0 Å². The van der Waals surface area contributed by atoms with Crippen LogP contribution >= 0.6 is 0 Å². The van der Waals surface area contributed by atoms with E-state index in [-0.39, 0.29) is 13.2 Å². The van der Waals surface area contributed by atoms with Crippen LogP contribution in [-0.4, -0.2) is 23.4 Å². The molecule has 3 nitrogen and oxygen atoms in total. The zero-order valence-electron chi connectivity index (χ0n) is 10.5. The van der Waals surface area contributed by atoms with Crippen LogP contribution in [0, 0.1) is 6.92 Å². The zero-order chi connectivity index (χ0) is 13.0. The third-order valence-corrected chi connectivity index (χ3v) is 3.41. The first kappa shape index (κ1) is 12.9. The van der Waals surface area contributed by atoms with Gasteiger partial charge in [-0.1, -0.05) is 24.3 Å². The summed E-state index contributed by atoms with van der Waals surface area (Å²) in [6, 6.07) is 11.5. The molecular weight excluding hydrogens is 228 g/mol. The molecule has 1 aromatic carbocycles. The van der Waals surface area contributed by atoms with Crippen molar-refractivity contribution in [1.82, 2.24) is 0 Å². The van der Waals surface area contributed by atoms with Crippen molar-refractivity contribution in [1.29, 1.82) is 0 Å². The molecule has 0 radical (unpaired) electrons. The number of benzene rings is 1. The van der Waals surface area contributed by atoms with Gasteiger partial charge in [0.25, 0.3) is 0 Å². The highest BCUT2D eigenvalue weighted by Crippen LogP contribution is 2.30. The molecular formula is C15H18O3. The van der Waals surface area contributed by atoms with Gasteiger partial charge in [-0.3, -0.25) is 0 Å². The van der Waals surface area contributed by atoms with Gasteiger partial charge in [0.05, 0.1) is 19.5 Å². The minimum Gasteiger partial charge on any atom is -0.469 e. The van der Waals surface area contributed by atoms with Crippen LogP contribution in [-0.2, 0) is 11.8 Å². The standard InChI is InChI=1S/C15H18O3/c1-12-5-2-3-7-14(12)15(10-16,11-17)9-13-6-4-8-18-13/h2-8,16-17H,9-11H2,1H3. The van der Waals surface area contributed by atoms with Gasteiger partial charge in [0.1, 0.15) is 5.76 Å². The number of furan rings is 1. The average Bonchev–Trinajstić information content (AvgIpc) is 2.90. The fourth-order valence-electron chi connectivity index (χ4n) is 2.34. The van der Waals surface area contributed by atoms with E-state index < -0.39 is 5.41 Å². The molecule has 0 unspecified atom stereocenters. The normalized spacial score (nSPS) is 11.7. The first-order valence-corrected chi connectivity index (χ1v) is 6.02. The maximum Gasteiger partial charge on any atom is 0.104 e. The van der Waals surface area contributed by atoms with Crippen molar-refractivity contribution >= 4 is 0 Å². The summed E-state index contributed by atoms with van der Waals surface area (Å²) in [5, 5.41) is 19.5. The summed E-state index contributed by atoms with van der Waals surface area (Å²) in [6.07, 6.45) is 2.09. The Morgan fingerprint density at radius 2 is 1.78 bits per heavy atom. The van der Waals surface area contributed by atoms with E-state index in [4.69, 9.17) is 4.42 Å². The van der Waals surface area contributed by atoms with Crippen LogP contribution in [0.2, 0.25) is 0 Å². The first-order chi connectivity index (χ1) is 8.72. The summed E-state index contributed by atoms with van der Waals surface area (Å²) in [5.74, 6) is 0.765. The van der Waals surface area contributed by atoms with Gasteiger partial charge in [-0.25, -0.2) is 0 Å². The van der Waals surface area contributed by atoms with E-state index >= 15 is 0 Å². The highest BCUT2D eigenvalue weighted by molar-refractivity contribution is 5.35. The minimum absolute atomic E-state index is 0.116. The van der Waals surface area contributed by atoms with Crippen LogP contribution in [0.25, 0.3) is 0 Å². The number of aryl methyl sites for hydroxylation is 1. The van der Waals surface area contributed by atoms with E-state index in [2.05, 4.69) is 0 Å². The number of aliphatic hydroxyl groups is 2. The number of hydrogen-bond acceptors (Lipinski definition) is 3. The van der Waals surface area contributed by atoms with Gasteiger partial charge in [0.2, 0.25) is 0 Å². The van der Waals surface area contributed by atoms with Crippen molar-refractivity contribution in [3.8, 4) is 0 Å². The summed E-state index contributed by atoms with van der Waals surface area (Å²) in [5.41, 5.74) is 1.34. The fraction of sp³-hybridized carbons (Fsp3) is 0.333. The molecule has 0 bridgehead atoms. The molecule has 1 heterocycles. The van der Waals surface area contributed by atoms with Gasteiger partial charge in [0.15, 0.2) is 0 Å². The Kier molecular flexibility index (Phi) is 3.84. The topological polar surface area (TPSA) is 53.6 Å². The van der Waals surface area contributed by atoms with Crippen LogP contribution in [0.4, 0.5) is 0 Å². The lowest BCUT2D eigenvalue weighted by Gasteiger charge is -2.31. The Hall–Kier alpha value is -1.58. The van der Waals surface area contributed by atoms with Crippen molar-refractivity contribution in [3.05, 3.63) is 59.5 Å². The van der Waals surface area contributed by atoms with Crippen LogP contribution in [0.3, 0.4) is 0 Å². The van der Waals surface area contributed by atoms with Crippen molar-refractivity contribution < 1.29 is 14.6 Å². The number of aliphatic hydroxyl groups excluding tert-OH is 2. The van der Waals surface area contributed by atoms with Gasteiger partial charge < -0.3 is 14.6 Å². The summed E-state index contributed by atoms with van der Waals surface area (Å²) >= 11 is 0. The molecule has 0 aliphatic carbocycles. The van der Waals surface area contributed by atoms with E-state index in [0.717, 1.165) is 16.9 Å². The van der Waals surface area contributed by atoms with Gasteiger partial charge in [-0.05, 0) is 30.2 Å². The Morgan fingerprint density at radius 1 is 1.06 bits per heavy atom.